The first-order valence-corrected chi connectivity index (χ1v) is 8.27. The fraction of sp³-hybridized carbons (Fsp3) is 0.0952. The molecule has 3 aromatic rings. The van der Waals surface area contributed by atoms with Crippen molar-refractivity contribution in [3.05, 3.63) is 94.3 Å². The first-order chi connectivity index (χ1) is 12.5. The molecular weight excluding hydrogens is 440 g/mol. The average molecular weight is 455 g/mol. The molecule has 0 bridgehead atoms. The van der Waals surface area contributed by atoms with Crippen LogP contribution in [0.4, 0.5) is 4.39 Å². The molecule has 0 saturated carbocycles. The summed E-state index contributed by atoms with van der Waals surface area (Å²) >= 11 is 6.00. The molecule has 0 N–H and O–H groups in total. The van der Waals surface area contributed by atoms with Gasteiger partial charge in [0, 0.05) is 0 Å². The number of carbonyl (C=O) groups is 1. The van der Waals surface area contributed by atoms with Gasteiger partial charge in [-0.15, -0.1) is 5.56 Å². The number of halogens is 2. The first-order valence-electron chi connectivity index (χ1n) is 7.89. The van der Waals surface area contributed by atoms with Gasteiger partial charge in [0.25, 0.3) is 0 Å². The van der Waals surface area contributed by atoms with Crippen molar-refractivity contribution in [3.63, 3.8) is 0 Å². The molecule has 0 atom stereocenters. The zero-order valence-electron chi connectivity index (χ0n) is 15.0. The van der Waals surface area contributed by atoms with E-state index in [1.807, 2.05) is 19.1 Å². The Labute approximate surface area is 211 Å². The molecular formula is C21H15ClFO3Rb. The maximum atomic E-state index is 14.4. The topological polar surface area (TPSA) is 35.5 Å². The molecule has 0 radical (unpaired) electrons. The SMILES string of the molecule is Cc1ccc(C(=O)Oc2ccc(OCc3cc[c-]cc3)c(F)c2Cl)cc1.[Rb+]. The van der Waals surface area contributed by atoms with Gasteiger partial charge in [-0.1, -0.05) is 29.3 Å². The Morgan fingerprint density at radius 3 is 2.33 bits per heavy atom. The van der Waals surface area contributed by atoms with Crippen molar-refractivity contribution < 1.29 is 76.8 Å². The molecule has 0 heterocycles. The van der Waals surface area contributed by atoms with Crippen LogP contribution in [0, 0.1) is 18.8 Å². The normalized spacial score (nSPS) is 10.0. The van der Waals surface area contributed by atoms with Crippen LogP contribution in [0.2, 0.25) is 5.02 Å². The summed E-state index contributed by atoms with van der Waals surface area (Å²) in [6.45, 7) is 2.10. The summed E-state index contributed by atoms with van der Waals surface area (Å²) in [5.41, 5.74) is 2.24. The molecule has 0 aromatic heterocycles. The van der Waals surface area contributed by atoms with E-state index >= 15 is 0 Å². The van der Waals surface area contributed by atoms with E-state index in [4.69, 9.17) is 21.1 Å². The Hall–Kier alpha value is -1.04. The van der Waals surface area contributed by atoms with E-state index in [1.54, 1.807) is 36.4 Å². The minimum absolute atomic E-state index is 0. The number of benzene rings is 3. The van der Waals surface area contributed by atoms with Crippen LogP contribution in [0.1, 0.15) is 21.5 Å². The maximum Gasteiger partial charge on any atom is 1.00 e. The second-order valence-corrected chi connectivity index (χ2v) is 6.02. The molecule has 3 aromatic carbocycles. The van der Waals surface area contributed by atoms with E-state index in [1.165, 1.54) is 12.1 Å². The molecule has 3 rings (SSSR count). The number of aryl methyl sites for hydroxylation is 1. The van der Waals surface area contributed by atoms with Gasteiger partial charge >= 0.3 is 64.2 Å². The van der Waals surface area contributed by atoms with E-state index in [0.717, 1.165) is 11.1 Å². The number of esters is 1. The van der Waals surface area contributed by atoms with Crippen LogP contribution in [0.25, 0.3) is 0 Å². The Bertz CT molecular complexity index is 915. The molecule has 132 valence electrons. The minimum Gasteiger partial charge on any atom is -0.488 e. The van der Waals surface area contributed by atoms with Gasteiger partial charge in [0.1, 0.15) is 5.02 Å². The van der Waals surface area contributed by atoms with Gasteiger partial charge < -0.3 is 9.47 Å². The van der Waals surface area contributed by atoms with Gasteiger partial charge in [-0.2, -0.15) is 30.3 Å². The fourth-order valence-corrected chi connectivity index (χ4v) is 2.43. The van der Waals surface area contributed by atoms with E-state index in [9.17, 15) is 9.18 Å². The quantitative estimate of drug-likeness (QED) is 0.337. The third-order valence-electron chi connectivity index (χ3n) is 3.68. The van der Waals surface area contributed by atoms with Gasteiger partial charge in [0.2, 0.25) is 0 Å². The molecule has 0 aliphatic rings. The summed E-state index contributed by atoms with van der Waals surface area (Å²) in [6, 6.07) is 19.7. The predicted molar refractivity (Wildman–Crippen MR) is 97.2 cm³/mol. The van der Waals surface area contributed by atoms with Crippen LogP contribution in [-0.4, -0.2) is 5.97 Å². The minimum atomic E-state index is -0.775. The van der Waals surface area contributed by atoms with E-state index in [-0.39, 0.29) is 81.3 Å². The van der Waals surface area contributed by atoms with Crippen LogP contribution < -0.4 is 67.7 Å². The number of ether oxygens (including phenoxy) is 2. The second-order valence-electron chi connectivity index (χ2n) is 5.64. The van der Waals surface area contributed by atoms with Crippen LogP contribution in [-0.2, 0) is 6.61 Å². The predicted octanol–water partition coefficient (Wildman–Crippen LogP) is 2.39. The summed E-state index contributed by atoms with van der Waals surface area (Å²) in [5, 5.41) is -0.302. The van der Waals surface area contributed by atoms with Crippen molar-refractivity contribution in [3.8, 4) is 11.5 Å². The van der Waals surface area contributed by atoms with Crippen LogP contribution in [0.3, 0.4) is 0 Å². The van der Waals surface area contributed by atoms with Crippen molar-refractivity contribution in [1.29, 1.82) is 0 Å². The van der Waals surface area contributed by atoms with Crippen molar-refractivity contribution in [2.24, 2.45) is 0 Å². The fourth-order valence-electron chi connectivity index (χ4n) is 2.23. The summed E-state index contributed by atoms with van der Waals surface area (Å²) in [5.74, 6) is -1.46. The number of hydrogen-bond acceptors (Lipinski definition) is 3. The molecule has 0 aliphatic heterocycles. The van der Waals surface area contributed by atoms with Crippen molar-refractivity contribution >= 4 is 17.6 Å². The third-order valence-corrected chi connectivity index (χ3v) is 4.04. The van der Waals surface area contributed by atoms with Gasteiger partial charge in [-0.25, -0.2) is 9.18 Å². The van der Waals surface area contributed by atoms with E-state index in [2.05, 4.69) is 6.07 Å². The summed E-state index contributed by atoms with van der Waals surface area (Å²) in [7, 11) is 0. The number of carbonyl (C=O) groups excluding carboxylic acids is 1. The van der Waals surface area contributed by atoms with Crippen LogP contribution in [0.15, 0.2) is 60.7 Å². The van der Waals surface area contributed by atoms with Gasteiger partial charge in [0.15, 0.2) is 17.3 Å². The average Bonchev–Trinajstić information content (AvgIpc) is 2.66. The summed E-state index contributed by atoms with van der Waals surface area (Å²) in [6.07, 6.45) is 0. The van der Waals surface area contributed by atoms with Crippen molar-refractivity contribution in [1.82, 2.24) is 0 Å². The Morgan fingerprint density at radius 2 is 1.67 bits per heavy atom. The van der Waals surface area contributed by atoms with Crippen molar-refractivity contribution in [2.45, 2.75) is 13.5 Å². The molecule has 0 saturated heterocycles. The molecule has 3 nitrogen and oxygen atoms in total. The molecule has 0 amide bonds. The number of rotatable bonds is 5. The van der Waals surface area contributed by atoms with E-state index in [0.29, 0.717) is 5.56 Å². The molecule has 0 aliphatic carbocycles. The maximum absolute atomic E-state index is 14.4. The second kappa shape index (κ2) is 10.5. The Morgan fingerprint density at radius 1 is 1.04 bits per heavy atom. The zero-order valence-corrected chi connectivity index (χ0v) is 20.6. The standard InChI is InChI=1S/C21H15ClFO3.Rb/c1-14-7-9-16(10-8-14)21(24)26-17-11-12-18(20(23)19(17)22)25-13-15-5-3-2-4-6-15;/h3-12H,13H2,1H3;/q-1;+1. The van der Waals surface area contributed by atoms with Gasteiger partial charge in [-0.3, -0.25) is 0 Å². The summed E-state index contributed by atoms with van der Waals surface area (Å²) in [4.78, 5) is 12.1. The third kappa shape index (κ3) is 5.96. The zero-order chi connectivity index (χ0) is 18.5. The summed E-state index contributed by atoms with van der Waals surface area (Å²) < 4.78 is 25.1. The molecule has 0 unspecified atom stereocenters. The first kappa shape index (κ1) is 22.2. The molecule has 0 fully saturated rings. The van der Waals surface area contributed by atoms with Crippen LogP contribution in [0.5, 0.6) is 11.5 Å². The number of hydrogen-bond donors (Lipinski definition) is 0. The molecule has 27 heavy (non-hydrogen) atoms. The van der Waals surface area contributed by atoms with Crippen LogP contribution >= 0.6 is 11.6 Å². The van der Waals surface area contributed by atoms with Gasteiger partial charge in [0.05, 0.1) is 12.2 Å². The van der Waals surface area contributed by atoms with Crippen molar-refractivity contribution in [2.75, 3.05) is 0 Å². The smallest absolute Gasteiger partial charge is 0.488 e. The van der Waals surface area contributed by atoms with Gasteiger partial charge in [-0.05, 0) is 31.2 Å². The Balaban J connectivity index is 0.00000261. The largest absolute Gasteiger partial charge is 1.00 e. The molecule has 0 spiro atoms. The molecule has 6 heteroatoms. The van der Waals surface area contributed by atoms with E-state index < -0.39 is 11.8 Å². The Kier molecular flexibility index (Phi) is 8.64. The monoisotopic (exact) mass is 454 g/mol.